The fraction of sp³-hybridized carbons (Fsp3) is 0.133. The van der Waals surface area contributed by atoms with Gasteiger partial charge >= 0.3 is 0 Å². The smallest absolute Gasteiger partial charge is 0.276 e. The van der Waals surface area contributed by atoms with Crippen LogP contribution < -0.4 is 4.74 Å². The van der Waals surface area contributed by atoms with Crippen LogP contribution in [0.15, 0.2) is 42.5 Å². The number of aromatic hydroxyl groups is 2. The third-order valence-corrected chi connectivity index (χ3v) is 3.22. The van der Waals surface area contributed by atoms with Crippen molar-refractivity contribution in [2.75, 3.05) is 0 Å². The molecule has 3 rings (SSSR count). The number of hydrogen-bond acceptors (Lipinski definition) is 5. The maximum Gasteiger partial charge on any atom is 0.276 e. The zero-order chi connectivity index (χ0) is 14.3. The van der Waals surface area contributed by atoms with E-state index >= 15 is 0 Å². The van der Waals surface area contributed by atoms with Gasteiger partial charge in [0, 0.05) is 12.5 Å². The van der Waals surface area contributed by atoms with Crippen LogP contribution in [0, 0.1) is 0 Å². The van der Waals surface area contributed by atoms with Crippen molar-refractivity contribution < 1.29 is 24.9 Å². The minimum atomic E-state index is -1.98. The Morgan fingerprint density at radius 2 is 1.65 bits per heavy atom. The number of rotatable bonds is 2. The maximum atomic E-state index is 12.2. The van der Waals surface area contributed by atoms with Gasteiger partial charge < -0.3 is 20.1 Å². The van der Waals surface area contributed by atoms with Crippen molar-refractivity contribution in [3.8, 4) is 17.2 Å². The summed E-state index contributed by atoms with van der Waals surface area (Å²) in [5.41, 5.74) is 0.889. The number of carbonyl (C=O) groups excluding carboxylic acids is 1. The van der Waals surface area contributed by atoms with Crippen LogP contribution in [0.4, 0.5) is 0 Å². The average molecular weight is 272 g/mol. The molecule has 0 bridgehead atoms. The predicted octanol–water partition coefficient (Wildman–Crippen LogP) is 1.60. The Morgan fingerprint density at radius 1 is 1.00 bits per heavy atom. The third-order valence-electron chi connectivity index (χ3n) is 3.22. The number of carbonyl (C=O) groups is 1. The molecule has 1 aliphatic heterocycles. The van der Waals surface area contributed by atoms with Crippen molar-refractivity contribution in [3.63, 3.8) is 0 Å². The number of ether oxygens (including phenoxy) is 1. The summed E-state index contributed by atoms with van der Waals surface area (Å²) < 4.78 is 5.31. The normalized spacial score (nSPS) is 20.6. The molecule has 2 aromatic carbocycles. The SMILES string of the molecule is O=C1c2ccc(O)cc2O[C@]1(O)Cc1ccc(O)cc1. The van der Waals surface area contributed by atoms with Crippen LogP contribution in [-0.2, 0) is 6.42 Å². The molecule has 1 aliphatic rings. The molecule has 0 aliphatic carbocycles. The summed E-state index contributed by atoms with van der Waals surface area (Å²) in [5, 5.41) is 29.0. The van der Waals surface area contributed by atoms with E-state index < -0.39 is 11.6 Å². The summed E-state index contributed by atoms with van der Waals surface area (Å²) in [4.78, 5) is 12.2. The topological polar surface area (TPSA) is 87.0 Å². The van der Waals surface area contributed by atoms with Crippen molar-refractivity contribution in [2.24, 2.45) is 0 Å². The molecule has 102 valence electrons. The molecule has 0 spiro atoms. The van der Waals surface area contributed by atoms with Gasteiger partial charge in [0.25, 0.3) is 5.79 Å². The molecule has 0 unspecified atom stereocenters. The van der Waals surface area contributed by atoms with E-state index in [1.165, 1.54) is 30.3 Å². The van der Waals surface area contributed by atoms with Crippen molar-refractivity contribution in [3.05, 3.63) is 53.6 Å². The van der Waals surface area contributed by atoms with Crippen LogP contribution in [0.25, 0.3) is 0 Å². The van der Waals surface area contributed by atoms with Gasteiger partial charge in [-0.15, -0.1) is 0 Å². The largest absolute Gasteiger partial charge is 0.508 e. The molecule has 1 heterocycles. The Morgan fingerprint density at radius 3 is 2.35 bits per heavy atom. The lowest BCUT2D eigenvalue weighted by Gasteiger charge is -2.20. The van der Waals surface area contributed by atoms with Crippen LogP contribution >= 0.6 is 0 Å². The van der Waals surface area contributed by atoms with Gasteiger partial charge in [0.05, 0.1) is 5.56 Å². The highest BCUT2D eigenvalue weighted by atomic mass is 16.6. The number of ketones is 1. The van der Waals surface area contributed by atoms with Crippen molar-refractivity contribution >= 4 is 5.78 Å². The zero-order valence-corrected chi connectivity index (χ0v) is 10.4. The minimum Gasteiger partial charge on any atom is -0.508 e. The summed E-state index contributed by atoms with van der Waals surface area (Å²) in [5.74, 6) is -2.29. The average Bonchev–Trinajstić information content (AvgIpc) is 2.64. The lowest BCUT2D eigenvalue weighted by atomic mass is 9.99. The van der Waals surface area contributed by atoms with Gasteiger partial charge in [-0.05, 0) is 29.8 Å². The molecule has 0 saturated carbocycles. The van der Waals surface area contributed by atoms with E-state index in [1.54, 1.807) is 12.1 Å². The van der Waals surface area contributed by atoms with Gasteiger partial charge in [0.1, 0.15) is 17.2 Å². The van der Waals surface area contributed by atoms with Crippen LogP contribution in [-0.4, -0.2) is 26.9 Å². The molecule has 20 heavy (non-hydrogen) atoms. The van der Waals surface area contributed by atoms with E-state index in [4.69, 9.17) is 4.74 Å². The van der Waals surface area contributed by atoms with Crippen LogP contribution in [0.1, 0.15) is 15.9 Å². The second-order valence-electron chi connectivity index (χ2n) is 4.74. The summed E-state index contributed by atoms with van der Waals surface area (Å²) in [6.45, 7) is 0. The molecule has 3 N–H and O–H groups in total. The summed E-state index contributed by atoms with van der Waals surface area (Å²) >= 11 is 0. The molecule has 5 heteroatoms. The highest BCUT2D eigenvalue weighted by Crippen LogP contribution is 2.37. The van der Waals surface area contributed by atoms with Gasteiger partial charge in [-0.1, -0.05) is 12.1 Å². The minimum absolute atomic E-state index is 0.0366. The Kier molecular flexibility index (Phi) is 2.65. The van der Waals surface area contributed by atoms with E-state index in [9.17, 15) is 20.1 Å². The second-order valence-corrected chi connectivity index (χ2v) is 4.74. The summed E-state index contributed by atoms with van der Waals surface area (Å²) in [6, 6.07) is 10.2. The van der Waals surface area contributed by atoms with Gasteiger partial charge in [-0.3, -0.25) is 4.79 Å². The molecule has 2 aromatic rings. The molecule has 0 amide bonds. The van der Waals surface area contributed by atoms with Crippen LogP contribution in [0.5, 0.6) is 17.2 Å². The van der Waals surface area contributed by atoms with Gasteiger partial charge in [-0.25, -0.2) is 0 Å². The van der Waals surface area contributed by atoms with E-state index in [2.05, 4.69) is 0 Å². The van der Waals surface area contributed by atoms with E-state index in [-0.39, 0.29) is 29.2 Å². The predicted molar refractivity (Wildman–Crippen MR) is 69.8 cm³/mol. The first-order valence-electron chi connectivity index (χ1n) is 6.05. The Balaban J connectivity index is 1.91. The maximum absolute atomic E-state index is 12.2. The number of aliphatic hydroxyl groups is 1. The number of phenols is 2. The first kappa shape index (κ1) is 12.5. The lowest BCUT2D eigenvalue weighted by Crippen LogP contribution is -2.42. The molecule has 5 nitrogen and oxygen atoms in total. The second kappa shape index (κ2) is 4.25. The Labute approximate surface area is 114 Å². The van der Waals surface area contributed by atoms with Gasteiger partial charge in [0.2, 0.25) is 5.78 Å². The number of phenolic OH excluding ortho intramolecular Hbond substituents is 2. The number of benzene rings is 2. The van der Waals surface area contributed by atoms with E-state index in [0.717, 1.165) is 0 Å². The lowest BCUT2D eigenvalue weighted by molar-refractivity contribution is -0.0888. The van der Waals surface area contributed by atoms with Crippen LogP contribution in [0.2, 0.25) is 0 Å². The van der Waals surface area contributed by atoms with Crippen LogP contribution in [0.3, 0.4) is 0 Å². The molecule has 0 saturated heterocycles. The molecule has 1 atom stereocenters. The third kappa shape index (κ3) is 1.98. The number of fused-ring (bicyclic) bond motifs is 1. The Bertz CT molecular complexity index is 677. The van der Waals surface area contributed by atoms with Crippen molar-refractivity contribution in [1.82, 2.24) is 0 Å². The highest BCUT2D eigenvalue weighted by Gasteiger charge is 2.46. The summed E-state index contributed by atoms with van der Waals surface area (Å²) in [6.07, 6.45) is -0.0401. The molecular weight excluding hydrogens is 260 g/mol. The van der Waals surface area contributed by atoms with E-state index in [1.807, 2.05) is 0 Å². The molecule has 0 aromatic heterocycles. The monoisotopic (exact) mass is 272 g/mol. The molecule has 0 fully saturated rings. The quantitative estimate of drug-likeness (QED) is 0.773. The zero-order valence-electron chi connectivity index (χ0n) is 10.4. The van der Waals surface area contributed by atoms with Crippen molar-refractivity contribution in [1.29, 1.82) is 0 Å². The fourth-order valence-electron chi connectivity index (χ4n) is 2.23. The number of Topliss-reactive ketones (excluding diaryl/α,β-unsaturated/α-hetero) is 1. The first-order valence-corrected chi connectivity index (χ1v) is 6.05. The molecule has 0 radical (unpaired) electrons. The van der Waals surface area contributed by atoms with Gasteiger partial charge in [0.15, 0.2) is 0 Å². The summed E-state index contributed by atoms with van der Waals surface area (Å²) in [7, 11) is 0. The standard InChI is InChI=1S/C15H12O5/c16-10-3-1-9(2-4-10)8-15(19)14(18)12-6-5-11(17)7-13(12)20-15/h1-7,16-17,19H,8H2/t15-/m1/s1. The Hall–Kier alpha value is -2.53. The fourth-order valence-corrected chi connectivity index (χ4v) is 2.23. The number of hydrogen-bond donors (Lipinski definition) is 3. The first-order chi connectivity index (χ1) is 9.48. The van der Waals surface area contributed by atoms with Gasteiger partial charge in [-0.2, -0.15) is 0 Å². The highest BCUT2D eigenvalue weighted by molar-refractivity contribution is 6.06. The van der Waals surface area contributed by atoms with Crippen molar-refractivity contribution in [2.45, 2.75) is 12.2 Å². The van der Waals surface area contributed by atoms with E-state index in [0.29, 0.717) is 5.56 Å². The molecular formula is C15H12O5.